The molecule has 16 heavy (non-hydrogen) atoms. The lowest BCUT2D eigenvalue weighted by Crippen LogP contribution is -1.69. The first-order valence-corrected chi connectivity index (χ1v) is 7.36. The molecule has 0 N–H and O–H groups in total. The molecule has 0 radical (unpaired) electrons. The zero-order valence-electron chi connectivity index (χ0n) is 8.64. The van der Waals surface area contributed by atoms with E-state index in [-0.39, 0.29) is 0 Å². The van der Waals surface area contributed by atoms with Crippen molar-refractivity contribution in [2.45, 2.75) is 16.2 Å². The Kier molecular flexibility index (Phi) is 2.71. The first-order chi connectivity index (χ1) is 7.81. The van der Waals surface area contributed by atoms with Crippen molar-refractivity contribution in [2.75, 3.05) is 0 Å². The molecule has 0 aliphatic rings. The fraction of sp³-hybridized carbons (Fsp3) is 0.0833. The number of hydrogen-bond donors (Lipinski definition) is 0. The summed E-state index contributed by atoms with van der Waals surface area (Å²) in [6, 6.07) is 12.6. The van der Waals surface area contributed by atoms with Gasteiger partial charge in [0.15, 0.2) is 4.34 Å². The zero-order chi connectivity index (χ0) is 11.0. The van der Waals surface area contributed by atoms with Crippen LogP contribution >= 0.6 is 34.4 Å². The maximum atomic E-state index is 4.63. The number of rotatable bonds is 2. The molecule has 0 atom stereocenters. The van der Waals surface area contributed by atoms with E-state index in [1.807, 2.05) is 6.07 Å². The predicted octanol–water partition coefficient (Wildman–Crippen LogP) is 4.82. The van der Waals surface area contributed by atoms with Crippen LogP contribution < -0.4 is 0 Å². The van der Waals surface area contributed by atoms with Gasteiger partial charge in [-0.2, -0.15) is 0 Å². The van der Waals surface area contributed by atoms with Gasteiger partial charge in [0.1, 0.15) is 4.83 Å². The lowest BCUT2D eigenvalue weighted by molar-refractivity contribution is 1.31. The molecule has 2 aromatic heterocycles. The fourth-order valence-electron chi connectivity index (χ4n) is 1.46. The van der Waals surface area contributed by atoms with Crippen LogP contribution in [0.15, 0.2) is 45.6 Å². The minimum Gasteiger partial charge on any atom is -0.218 e. The lowest BCUT2D eigenvalue weighted by atomic mass is 10.4. The van der Waals surface area contributed by atoms with E-state index in [2.05, 4.69) is 42.2 Å². The summed E-state index contributed by atoms with van der Waals surface area (Å²) in [6.45, 7) is 2.13. The van der Waals surface area contributed by atoms with Crippen molar-refractivity contribution < 1.29 is 0 Å². The maximum Gasteiger partial charge on any atom is 0.156 e. The molecule has 0 amide bonds. The van der Waals surface area contributed by atoms with Crippen molar-refractivity contribution in [2.24, 2.45) is 0 Å². The van der Waals surface area contributed by atoms with Gasteiger partial charge in [0.05, 0.1) is 4.70 Å². The number of thiophene rings is 1. The minimum atomic E-state index is 1.13. The van der Waals surface area contributed by atoms with Crippen molar-refractivity contribution in [1.29, 1.82) is 0 Å². The number of nitrogens with zero attached hydrogens (tertiary/aromatic N) is 1. The zero-order valence-corrected chi connectivity index (χ0v) is 11.1. The summed E-state index contributed by atoms with van der Waals surface area (Å²) in [7, 11) is 0. The molecule has 0 bridgehead atoms. The number of fused-ring (bicyclic) bond motifs is 1. The third kappa shape index (κ3) is 2.00. The van der Waals surface area contributed by atoms with Crippen LogP contribution in [0.3, 0.4) is 0 Å². The maximum absolute atomic E-state index is 4.63. The van der Waals surface area contributed by atoms with E-state index >= 15 is 0 Å². The normalized spacial score (nSPS) is 11.1. The van der Waals surface area contributed by atoms with Crippen LogP contribution in [0.2, 0.25) is 0 Å². The molecule has 1 aromatic carbocycles. The van der Waals surface area contributed by atoms with Crippen molar-refractivity contribution >= 4 is 44.0 Å². The van der Waals surface area contributed by atoms with Gasteiger partial charge in [0.2, 0.25) is 0 Å². The number of aromatic nitrogens is 1. The summed E-state index contributed by atoms with van der Waals surface area (Å²) in [4.78, 5) is 8.38. The Labute approximate surface area is 106 Å². The quantitative estimate of drug-likeness (QED) is 0.657. The molecule has 80 valence electrons. The van der Waals surface area contributed by atoms with Crippen LogP contribution in [0.1, 0.15) is 4.88 Å². The molecule has 0 saturated heterocycles. The Morgan fingerprint density at radius 3 is 2.69 bits per heavy atom. The monoisotopic (exact) mass is 263 g/mol. The Morgan fingerprint density at radius 1 is 1.12 bits per heavy atom. The Morgan fingerprint density at radius 2 is 1.94 bits per heavy atom. The second-order valence-electron chi connectivity index (χ2n) is 3.42. The summed E-state index contributed by atoms with van der Waals surface area (Å²) >= 11 is 5.28. The van der Waals surface area contributed by atoms with Crippen LogP contribution in [0, 0.1) is 6.92 Å². The van der Waals surface area contributed by atoms with E-state index in [1.54, 1.807) is 34.4 Å². The largest absolute Gasteiger partial charge is 0.218 e. The van der Waals surface area contributed by atoms with Crippen molar-refractivity contribution in [1.82, 2.24) is 4.98 Å². The highest BCUT2D eigenvalue weighted by Crippen LogP contribution is 2.37. The summed E-state index contributed by atoms with van der Waals surface area (Å²) < 4.78 is 2.44. The molecule has 0 fully saturated rings. The van der Waals surface area contributed by atoms with Gasteiger partial charge in [-0.1, -0.05) is 30.0 Å². The number of benzene rings is 1. The predicted molar refractivity (Wildman–Crippen MR) is 72.8 cm³/mol. The van der Waals surface area contributed by atoms with E-state index < -0.39 is 0 Å². The summed E-state index contributed by atoms with van der Waals surface area (Å²) in [6.07, 6.45) is 0. The van der Waals surface area contributed by atoms with E-state index in [1.165, 1.54) is 19.3 Å². The van der Waals surface area contributed by atoms with Crippen molar-refractivity contribution in [3.63, 3.8) is 0 Å². The highest BCUT2D eigenvalue weighted by molar-refractivity contribution is 8.01. The van der Waals surface area contributed by atoms with Crippen LogP contribution in [0.5, 0.6) is 0 Å². The lowest BCUT2D eigenvalue weighted by Gasteiger charge is -1.94. The van der Waals surface area contributed by atoms with Crippen LogP contribution in [-0.4, -0.2) is 4.98 Å². The first kappa shape index (κ1) is 10.3. The van der Waals surface area contributed by atoms with E-state index in [4.69, 9.17) is 0 Å². The minimum absolute atomic E-state index is 1.13. The van der Waals surface area contributed by atoms with Gasteiger partial charge in [-0.05, 0) is 25.1 Å². The molecule has 2 heterocycles. The van der Waals surface area contributed by atoms with Crippen molar-refractivity contribution in [3.05, 3.63) is 41.3 Å². The summed E-state index contributed by atoms with van der Waals surface area (Å²) in [5.74, 6) is 0. The van der Waals surface area contributed by atoms with Gasteiger partial charge < -0.3 is 0 Å². The SMILES string of the molecule is Cc1cc2sc(Sc3ccccc3)nc2s1. The van der Waals surface area contributed by atoms with Gasteiger partial charge in [0.25, 0.3) is 0 Å². The van der Waals surface area contributed by atoms with Crippen molar-refractivity contribution in [3.8, 4) is 0 Å². The average molecular weight is 263 g/mol. The molecule has 0 saturated carbocycles. The third-order valence-electron chi connectivity index (χ3n) is 2.14. The van der Waals surface area contributed by atoms with Gasteiger partial charge >= 0.3 is 0 Å². The molecule has 1 nitrogen and oxygen atoms in total. The molecule has 0 unspecified atom stereocenters. The standard InChI is InChI=1S/C12H9NS3/c1-8-7-10-11(14-8)13-12(16-10)15-9-5-3-2-4-6-9/h2-7H,1H3. The molecule has 0 aliphatic heterocycles. The smallest absolute Gasteiger partial charge is 0.156 e. The van der Waals surface area contributed by atoms with E-state index in [0.29, 0.717) is 0 Å². The van der Waals surface area contributed by atoms with Gasteiger partial charge in [-0.3, -0.25) is 0 Å². The van der Waals surface area contributed by atoms with E-state index in [0.717, 1.165) is 4.34 Å². The second-order valence-corrected chi connectivity index (χ2v) is 7.01. The number of hydrogen-bond acceptors (Lipinski definition) is 4. The highest BCUT2D eigenvalue weighted by Gasteiger charge is 2.07. The molecule has 0 spiro atoms. The van der Waals surface area contributed by atoms with Crippen LogP contribution in [0.25, 0.3) is 9.53 Å². The average Bonchev–Trinajstić information content (AvgIpc) is 2.76. The molecular weight excluding hydrogens is 254 g/mol. The van der Waals surface area contributed by atoms with Gasteiger partial charge in [-0.15, -0.1) is 22.7 Å². The van der Waals surface area contributed by atoms with Crippen LogP contribution in [0.4, 0.5) is 0 Å². The molecule has 4 heteroatoms. The Hall–Kier alpha value is -0.840. The Balaban J connectivity index is 1.92. The molecular formula is C12H9NS3. The van der Waals surface area contributed by atoms with Gasteiger partial charge in [-0.25, -0.2) is 4.98 Å². The van der Waals surface area contributed by atoms with Gasteiger partial charge in [0, 0.05) is 9.77 Å². The molecule has 3 aromatic rings. The molecule has 3 rings (SSSR count). The summed E-state index contributed by atoms with van der Waals surface area (Å²) in [5.41, 5.74) is 0. The topological polar surface area (TPSA) is 12.9 Å². The van der Waals surface area contributed by atoms with Crippen LogP contribution in [-0.2, 0) is 0 Å². The highest BCUT2D eigenvalue weighted by atomic mass is 32.2. The second kappa shape index (κ2) is 4.20. The Bertz CT molecular complexity index is 578. The number of aryl methyl sites for hydroxylation is 1. The number of thiazole rings is 1. The third-order valence-corrected chi connectivity index (χ3v) is 5.29. The van der Waals surface area contributed by atoms with E-state index in [9.17, 15) is 0 Å². The first-order valence-electron chi connectivity index (χ1n) is 4.91. The summed E-state index contributed by atoms with van der Waals surface area (Å²) in [5, 5.41) is 0. The fourth-order valence-corrected chi connectivity index (χ4v) is 4.73. The molecule has 0 aliphatic carbocycles.